The van der Waals surface area contributed by atoms with E-state index < -0.39 is 0 Å². The summed E-state index contributed by atoms with van der Waals surface area (Å²) >= 11 is 18.5. The second kappa shape index (κ2) is 8.02. The molecule has 7 nitrogen and oxygen atoms in total. The summed E-state index contributed by atoms with van der Waals surface area (Å²) in [6.45, 7) is 4.44. The molecule has 1 aromatic carbocycles. The highest BCUT2D eigenvalue weighted by Gasteiger charge is 2.31. The number of likely N-dealkylation sites (tertiary alicyclic amines) is 1. The van der Waals surface area contributed by atoms with E-state index >= 15 is 0 Å². The summed E-state index contributed by atoms with van der Waals surface area (Å²) in [7, 11) is 0. The van der Waals surface area contributed by atoms with E-state index in [1.807, 2.05) is 0 Å². The number of aromatic nitrogens is 3. The van der Waals surface area contributed by atoms with Crippen LogP contribution in [0.5, 0.6) is 5.88 Å². The number of anilines is 2. The van der Waals surface area contributed by atoms with E-state index in [4.69, 9.17) is 39.5 Å². The standard InChI is InChI=1S/C19H14Cl3N5O2/c1-2-17(28)27-7-11(8-27)29-16-5-12-15(6-23-16)24-9-25-19(12)26-18-13(21)3-10(20)4-14(18)22/h2-6,9,11H,1,7-8H2,(H,24,25,26). The van der Waals surface area contributed by atoms with Crippen LogP contribution in [0.2, 0.25) is 15.1 Å². The molecule has 1 N–H and O–H groups in total. The normalized spacial score (nSPS) is 13.8. The fraction of sp³-hybridized carbons (Fsp3) is 0.158. The number of carbonyl (C=O) groups excluding carboxylic acids is 1. The summed E-state index contributed by atoms with van der Waals surface area (Å²) in [4.78, 5) is 26.0. The van der Waals surface area contributed by atoms with Crippen LogP contribution in [0, 0.1) is 0 Å². The zero-order chi connectivity index (χ0) is 20.5. The number of hydrogen-bond donors (Lipinski definition) is 1. The van der Waals surface area contributed by atoms with Crippen molar-refractivity contribution in [2.45, 2.75) is 6.10 Å². The lowest BCUT2D eigenvalue weighted by Gasteiger charge is -2.37. The Morgan fingerprint density at radius 3 is 2.59 bits per heavy atom. The van der Waals surface area contributed by atoms with Crippen molar-refractivity contribution in [2.24, 2.45) is 0 Å². The van der Waals surface area contributed by atoms with Gasteiger partial charge in [0.1, 0.15) is 18.2 Å². The first-order valence-corrected chi connectivity index (χ1v) is 9.68. The van der Waals surface area contributed by atoms with Gasteiger partial charge in [0.2, 0.25) is 11.8 Å². The second-order valence-electron chi connectivity index (χ2n) is 6.32. The Bertz CT molecular complexity index is 1100. The summed E-state index contributed by atoms with van der Waals surface area (Å²) in [6.07, 6.45) is 4.15. The van der Waals surface area contributed by atoms with Crippen LogP contribution in [0.25, 0.3) is 10.9 Å². The molecule has 1 saturated heterocycles. The van der Waals surface area contributed by atoms with Crippen molar-refractivity contribution < 1.29 is 9.53 Å². The molecular formula is C19H14Cl3N5O2. The smallest absolute Gasteiger partial charge is 0.246 e. The van der Waals surface area contributed by atoms with Crippen LogP contribution in [0.1, 0.15) is 0 Å². The molecule has 148 valence electrons. The SMILES string of the molecule is C=CC(=O)N1CC(Oc2cc3c(Nc4c(Cl)cc(Cl)cc4Cl)ncnc3cn2)C1. The van der Waals surface area contributed by atoms with Crippen molar-refractivity contribution in [3.05, 3.63) is 58.4 Å². The summed E-state index contributed by atoms with van der Waals surface area (Å²) < 4.78 is 5.86. The van der Waals surface area contributed by atoms with Crippen LogP contribution in [0.15, 0.2) is 43.4 Å². The van der Waals surface area contributed by atoms with Gasteiger partial charge in [-0.2, -0.15) is 0 Å². The summed E-state index contributed by atoms with van der Waals surface area (Å²) in [5.41, 5.74) is 1.10. The molecule has 1 fully saturated rings. The van der Waals surface area contributed by atoms with Gasteiger partial charge in [0, 0.05) is 16.5 Å². The molecule has 0 atom stereocenters. The molecule has 0 spiro atoms. The fourth-order valence-electron chi connectivity index (χ4n) is 2.88. The van der Waals surface area contributed by atoms with Crippen molar-refractivity contribution in [3.63, 3.8) is 0 Å². The van der Waals surface area contributed by atoms with Gasteiger partial charge in [0.25, 0.3) is 0 Å². The van der Waals surface area contributed by atoms with Crippen molar-refractivity contribution >= 4 is 63.1 Å². The quantitative estimate of drug-likeness (QED) is 0.576. The highest BCUT2D eigenvalue weighted by atomic mass is 35.5. The van der Waals surface area contributed by atoms with Crippen LogP contribution >= 0.6 is 34.8 Å². The average molecular weight is 451 g/mol. The third-order valence-corrected chi connectivity index (χ3v) is 5.18. The van der Waals surface area contributed by atoms with Gasteiger partial charge in [-0.1, -0.05) is 41.4 Å². The minimum Gasteiger partial charge on any atom is -0.471 e. The third-order valence-electron chi connectivity index (χ3n) is 4.37. The Hall–Kier alpha value is -2.61. The van der Waals surface area contributed by atoms with E-state index in [2.05, 4.69) is 26.8 Å². The van der Waals surface area contributed by atoms with Gasteiger partial charge in [-0.05, 0) is 18.2 Å². The molecule has 0 saturated carbocycles. The van der Waals surface area contributed by atoms with Gasteiger partial charge < -0.3 is 15.0 Å². The van der Waals surface area contributed by atoms with Crippen LogP contribution in [0.4, 0.5) is 11.5 Å². The third kappa shape index (κ3) is 4.07. The van der Waals surface area contributed by atoms with E-state index in [0.29, 0.717) is 56.4 Å². The van der Waals surface area contributed by atoms with Crippen LogP contribution < -0.4 is 10.1 Å². The number of nitrogens with one attached hydrogen (secondary N) is 1. The first-order chi connectivity index (χ1) is 13.9. The molecule has 3 aromatic rings. The van der Waals surface area contributed by atoms with Crippen molar-refractivity contribution in [1.29, 1.82) is 0 Å². The Labute approximate surface area is 181 Å². The molecule has 29 heavy (non-hydrogen) atoms. The number of amides is 1. The fourth-order valence-corrected chi connectivity index (χ4v) is 3.79. The molecule has 2 aromatic heterocycles. The predicted octanol–water partition coefficient (Wildman–Crippen LogP) is 4.50. The minimum absolute atomic E-state index is 0.118. The minimum atomic E-state index is -0.134. The number of fused-ring (bicyclic) bond motifs is 1. The molecular weight excluding hydrogens is 437 g/mol. The van der Waals surface area contributed by atoms with Crippen molar-refractivity contribution in [1.82, 2.24) is 19.9 Å². The van der Waals surface area contributed by atoms with Crippen LogP contribution in [-0.2, 0) is 4.79 Å². The number of ether oxygens (including phenoxy) is 1. The van der Waals surface area contributed by atoms with E-state index in [1.165, 1.54) is 12.4 Å². The second-order valence-corrected chi connectivity index (χ2v) is 7.57. The number of hydrogen-bond acceptors (Lipinski definition) is 6. The number of rotatable bonds is 5. The lowest BCUT2D eigenvalue weighted by Crippen LogP contribution is -2.55. The average Bonchev–Trinajstić information content (AvgIpc) is 2.66. The summed E-state index contributed by atoms with van der Waals surface area (Å²) in [6, 6.07) is 4.90. The highest BCUT2D eigenvalue weighted by Crippen LogP contribution is 2.36. The highest BCUT2D eigenvalue weighted by molar-refractivity contribution is 6.42. The first kappa shape index (κ1) is 19.7. The monoisotopic (exact) mass is 449 g/mol. The molecule has 1 aliphatic rings. The lowest BCUT2D eigenvalue weighted by atomic mass is 10.1. The molecule has 0 aliphatic carbocycles. The molecule has 0 unspecified atom stereocenters. The molecule has 3 heterocycles. The number of carbonyl (C=O) groups is 1. The number of halogens is 3. The zero-order valence-electron chi connectivity index (χ0n) is 14.9. The van der Waals surface area contributed by atoms with E-state index in [9.17, 15) is 4.79 Å². The Balaban J connectivity index is 1.59. The van der Waals surface area contributed by atoms with Crippen LogP contribution in [-0.4, -0.2) is 45.0 Å². The number of pyridine rings is 1. The number of nitrogens with zero attached hydrogens (tertiary/aromatic N) is 4. The summed E-state index contributed by atoms with van der Waals surface area (Å²) in [5, 5.41) is 4.96. The van der Waals surface area contributed by atoms with Gasteiger partial charge in [-0.15, -0.1) is 0 Å². The Kier molecular flexibility index (Phi) is 5.45. The molecule has 0 bridgehead atoms. The zero-order valence-corrected chi connectivity index (χ0v) is 17.2. The van der Waals surface area contributed by atoms with Gasteiger partial charge in [0.15, 0.2) is 0 Å². The maximum atomic E-state index is 11.5. The van der Waals surface area contributed by atoms with Gasteiger partial charge in [-0.3, -0.25) is 4.79 Å². The molecule has 10 heteroatoms. The van der Waals surface area contributed by atoms with Gasteiger partial charge in [-0.25, -0.2) is 15.0 Å². The molecule has 0 radical (unpaired) electrons. The van der Waals surface area contributed by atoms with E-state index in [-0.39, 0.29) is 12.0 Å². The summed E-state index contributed by atoms with van der Waals surface area (Å²) in [5.74, 6) is 0.776. The van der Waals surface area contributed by atoms with Crippen molar-refractivity contribution in [2.75, 3.05) is 18.4 Å². The Morgan fingerprint density at radius 2 is 1.90 bits per heavy atom. The molecule has 4 rings (SSSR count). The maximum Gasteiger partial charge on any atom is 0.246 e. The van der Waals surface area contributed by atoms with Crippen molar-refractivity contribution in [3.8, 4) is 5.88 Å². The molecule has 1 aliphatic heterocycles. The topological polar surface area (TPSA) is 80.2 Å². The van der Waals surface area contributed by atoms with E-state index in [0.717, 1.165) is 0 Å². The molecule has 1 amide bonds. The van der Waals surface area contributed by atoms with Gasteiger partial charge in [0.05, 0.1) is 40.5 Å². The Morgan fingerprint density at radius 1 is 1.17 bits per heavy atom. The lowest BCUT2D eigenvalue weighted by molar-refractivity contribution is -0.134. The predicted molar refractivity (Wildman–Crippen MR) is 113 cm³/mol. The maximum absolute atomic E-state index is 11.5. The largest absolute Gasteiger partial charge is 0.471 e. The number of benzene rings is 1. The first-order valence-electron chi connectivity index (χ1n) is 8.55. The van der Waals surface area contributed by atoms with Crippen LogP contribution in [0.3, 0.4) is 0 Å². The van der Waals surface area contributed by atoms with E-state index in [1.54, 1.807) is 29.3 Å². The van der Waals surface area contributed by atoms with Gasteiger partial charge >= 0.3 is 0 Å².